The van der Waals surface area contributed by atoms with E-state index in [2.05, 4.69) is 32.6 Å². The molecule has 1 aromatic carbocycles. The van der Waals surface area contributed by atoms with Gasteiger partial charge in [-0.3, -0.25) is 0 Å². The van der Waals surface area contributed by atoms with Crippen molar-refractivity contribution < 1.29 is 17.9 Å². The first-order chi connectivity index (χ1) is 7.37. The van der Waals surface area contributed by atoms with Crippen molar-refractivity contribution in [1.82, 2.24) is 0 Å². The van der Waals surface area contributed by atoms with Gasteiger partial charge in [-0.25, -0.2) is 0 Å². The van der Waals surface area contributed by atoms with Crippen molar-refractivity contribution in [2.45, 2.75) is 6.36 Å². The summed E-state index contributed by atoms with van der Waals surface area (Å²) in [7, 11) is 0. The molecule has 1 N–H and O–H groups in total. The summed E-state index contributed by atoms with van der Waals surface area (Å²) in [6, 6.07) is 5.48. The predicted molar refractivity (Wildman–Crippen MR) is 59.7 cm³/mol. The first-order valence-electron chi connectivity index (χ1n) is 4.30. The molecule has 0 saturated heterocycles. The maximum atomic E-state index is 11.8. The minimum Gasteiger partial charge on any atom is -0.406 e. The molecule has 0 saturated carbocycles. The largest absolute Gasteiger partial charge is 0.573 e. The minimum atomic E-state index is -4.65. The fourth-order valence-corrected chi connectivity index (χ4v) is 1.11. The summed E-state index contributed by atoms with van der Waals surface area (Å²) in [5.41, 5.74) is 0.690. The van der Waals surface area contributed by atoms with Crippen LogP contribution in [-0.4, -0.2) is 12.9 Å². The predicted octanol–water partition coefficient (Wildman–Crippen LogP) is 3.91. The minimum absolute atomic E-state index is 0.240. The summed E-state index contributed by atoms with van der Waals surface area (Å²) in [4.78, 5) is 0. The number of rotatable bonds is 4. The molecule has 0 aliphatic heterocycles. The molecule has 0 heterocycles. The number of halogens is 4. The third kappa shape index (κ3) is 5.06. The van der Waals surface area contributed by atoms with E-state index in [9.17, 15) is 13.2 Å². The average Bonchev–Trinajstić information content (AvgIpc) is 2.14. The van der Waals surface area contributed by atoms with Gasteiger partial charge in [0.15, 0.2) is 0 Å². The summed E-state index contributed by atoms with van der Waals surface area (Å²) in [5.74, 6) is -0.240. The third-order valence-electron chi connectivity index (χ3n) is 1.57. The lowest BCUT2D eigenvalue weighted by atomic mass is 10.3. The van der Waals surface area contributed by atoms with E-state index in [1.54, 1.807) is 0 Å². The molecule has 0 atom stereocenters. The van der Waals surface area contributed by atoms with Crippen LogP contribution in [0, 0.1) is 0 Å². The van der Waals surface area contributed by atoms with Crippen LogP contribution < -0.4 is 10.1 Å². The Labute approximate surface area is 99.2 Å². The highest BCUT2D eigenvalue weighted by Crippen LogP contribution is 2.23. The summed E-state index contributed by atoms with van der Waals surface area (Å²) in [5, 5.41) is 2.95. The van der Waals surface area contributed by atoms with Crippen molar-refractivity contribution in [3.8, 4) is 5.75 Å². The lowest BCUT2D eigenvalue weighted by molar-refractivity contribution is -0.274. The molecule has 0 unspecified atom stereocenters. The molecule has 0 amide bonds. The van der Waals surface area contributed by atoms with Gasteiger partial charge in [-0.15, -0.1) is 13.2 Å². The van der Waals surface area contributed by atoms with Crippen LogP contribution in [0.5, 0.6) is 5.75 Å². The monoisotopic (exact) mass is 295 g/mol. The fourth-order valence-electron chi connectivity index (χ4n) is 0.972. The standard InChI is InChI=1S/C10H9BrF3NO/c1-7(11)6-15-8-2-4-9(5-3-8)16-10(12,13)14/h2-5,15H,1,6H2. The van der Waals surface area contributed by atoms with Crippen molar-refractivity contribution >= 4 is 21.6 Å². The van der Waals surface area contributed by atoms with E-state index in [4.69, 9.17) is 0 Å². The van der Waals surface area contributed by atoms with Gasteiger partial charge in [0.2, 0.25) is 0 Å². The van der Waals surface area contributed by atoms with Crippen LogP contribution in [0.1, 0.15) is 0 Å². The number of hydrogen-bond acceptors (Lipinski definition) is 2. The number of ether oxygens (including phenoxy) is 1. The molecule has 16 heavy (non-hydrogen) atoms. The maximum Gasteiger partial charge on any atom is 0.573 e. The number of anilines is 1. The van der Waals surface area contributed by atoms with Crippen LogP contribution in [0.2, 0.25) is 0 Å². The molecule has 6 heteroatoms. The zero-order valence-corrected chi connectivity index (χ0v) is 9.73. The zero-order chi connectivity index (χ0) is 12.2. The number of nitrogens with one attached hydrogen (secondary N) is 1. The molecule has 0 aliphatic rings. The Hall–Kier alpha value is -1.17. The molecule has 0 radical (unpaired) electrons. The van der Waals surface area contributed by atoms with Crippen molar-refractivity contribution in [3.63, 3.8) is 0 Å². The topological polar surface area (TPSA) is 21.3 Å². The second-order valence-corrected chi connectivity index (χ2v) is 4.06. The summed E-state index contributed by atoms with van der Waals surface area (Å²) >= 11 is 3.16. The van der Waals surface area contributed by atoms with Gasteiger partial charge in [-0.1, -0.05) is 22.5 Å². The first kappa shape index (κ1) is 12.9. The molecule has 2 nitrogen and oxygen atoms in total. The normalized spacial score (nSPS) is 11.0. The lowest BCUT2D eigenvalue weighted by Crippen LogP contribution is -2.17. The van der Waals surface area contributed by atoms with Crippen LogP contribution in [0.15, 0.2) is 35.3 Å². The summed E-state index contributed by atoms with van der Waals surface area (Å²) in [6.07, 6.45) is -4.65. The molecule has 0 bridgehead atoms. The van der Waals surface area contributed by atoms with E-state index >= 15 is 0 Å². The second-order valence-electron chi connectivity index (χ2n) is 2.94. The molecule has 0 spiro atoms. The van der Waals surface area contributed by atoms with Crippen molar-refractivity contribution in [3.05, 3.63) is 35.3 Å². The van der Waals surface area contributed by atoms with Crippen LogP contribution in [-0.2, 0) is 0 Å². The Morgan fingerprint density at radius 2 is 1.88 bits per heavy atom. The highest BCUT2D eigenvalue weighted by molar-refractivity contribution is 9.11. The molecule has 88 valence electrons. The fraction of sp³-hybridized carbons (Fsp3) is 0.200. The summed E-state index contributed by atoms with van der Waals surface area (Å²) in [6.45, 7) is 4.12. The van der Waals surface area contributed by atoms with Crippen LogP contribution in [0.4, 0.5) is 18.9 Å². The highest BCUT2D eigenvalue weighted by atomic mass is 79.9. The molecule has 0 fully saturated rings. The quantitative estimate of drug-likeness (QED) is 0.909. The van der Waals surface area contributed by atoms with Gasteiger partial charge >= 0.3 is 6.36 Å². The summed E-state index contributed by atoms with van der Waals surface area (Å²) < 4.78 is 40.0. The second kappa shape index (κ2) is 5.25. The van der Waals surface area contributed by atoms with E-state index in [0.29, 0.717) is 12.2 Å². The Kier molecular flexibility index (Phi) is 4.23. The van der Waals surface area contributed by atoms with Crippen LogP contribution in [0.25, 0.3) is 0 Å². The van der Waals surface area contributed by atoms with E-state index in [-0.39, 0.29) is 5.75 Å². The molecule has 0 aliphatic carbocycles. The smallest absolute Gasteiger partial charge is 0.406 e. The SMILES string of the molecule is C=C(Br)CNc1ccc(OC(F)(F)F)cc1. The van der Waals surface area contributed by atoms with E-state index < -0.39 is 6.36 Å². The number of benzene rings is 1. The molecule has 1 aromatic rings. The van der Waals surface area contributed by atoms with Gasteiger partial charge in [0.25, 0.3) is 0 Å². The molecule has 0 aromatic heterocycles. The van der Waals surface area contributed by atoms with Gasteiger partial charge in [0, 0.05) is 16.7 Å². The Bertz CT molecular complexity index is 361. The molecular weight excluding hydrogens is 287 g/mol. The van der Waals surface area contributed by atoms with Gasteiger partial charge < -0.3 is 10.1 Å². The Morgan fingerprint density at radius 3 is 2.31 bits per heavy atom. The highest BCUT2D eigenvalue weighted by Gasteiger charge is 2.30. The van der Waals surface area contributed by atoms with Gasteiger partial charge in [-0.2, -0.15) is 0 Å². The maximum absolute atomic E-state index is 11.8. The van der Waals surface area contributed by atoms with Crippen molar-refractivity contribution in [2.24, 2.45) is 0 Å². The van der Waals surface area contributed by atoms with Crippen LogP contribution in [0.3, 0.4) is 0 Å². The zero-order valence-electron chi connectivity index (χ0n) is 8.14. The van der Waals surface area contributed by atoms with E-state index in [1.807, 2.05) is 0 Å². The average molecular weight is 296 g/mol. The Morgan fingerprint density at radius 1 is 1.31 bits per heavy atom. The lowest BCUT2D eigenvalue weighted by Gasteiger charge is -2.10. The van der Waals surface area contributed by atoms with Crippen molar-refractivity contribution in [1.29, 1.82) is 0 Å². The van der Waals surface area contributed by atoms with Crippen molar-refractivity contribution in [2.75, 3.05) is 11.9 Å². The number of hydrogen-bond donors (Lipinski definition) is 1. The Balaban J connectivity index is 2.57. The van der Waals surface area contributed by atoms with E-state index in [0.717, 1.165) is 4.48 Å². The number of alkyl halides is 3. The van der Waals surface area contributed by atoms with Gasteiger partial charge in [0.05, 0.1) is 0 Å². The molecular formula is C10H9BrF3NO. The van der Waals surface area contributed by atoms with E-state index in [1.165, 1.54) is 24.3 Å². The third-order valence-corrected chi connectivity index (χ3v) is 1.85. The van der Waals surface area contributed by atoms with Crippen LogP contribution >= 0.6 is 15.9 Å². The first-order valence-corrected chi connectivity index (χ1v) is 5.09. The molecule has 1 rings (SSSR count). The van der Waals surface area contributed by atoms with Gasteiger partial charge in [-0.05, 0) is 24.3 Å². The van der Waals surface area contributed by atoms with Gasteiger partial charge in [0.1, 0.15) is 5.75 Å².